The van der Waals surface area contributed by atoms with Crippen LogP contribution in [0.4, 0.5) is 0 Å². The molecule has 0 radical (unpaired) electrons. The van der Waals surface area contributed by atoms with Gasteiger partial charge in [-0.05, 0) is 46.3 Å². The predicted octanol–water partition coefficient (Wildman–Crippen LogP) is 2.72. The first-order valence-electron chi connectivity index (χ1n) is 7.15. The lowest BCUT2D eigenvalue weighted by Crippen LogP contribution is -2.23. The number of hydrogen-bond donors (Lipinski definition) is 1. The number of nitrogens with one attached hydrogen (secondary N) is 1. The first-order chi connectivity index (χ1) is 11.5. The third kappa shape index (κ3) is 3.55. The van der Waals surface area contributed by atoms with E-state index in [0.717, 1.165) is 11.3 Å². The van der Waals surface area contributed by atoms with Crippen molar-refractivity contribution in [3.8, 4) is 11.3 Å². The average Bonchev–Trinajstić information content (AvgIpc) is 2.95. The Morgan fingerprint density at radius 3 is 2.58 bits per heavy atom. The van der Waals surface area contributed by atoms with Crippen molar-refractivity contribution in [2.24, 2.45) is 7.05 Å². The average molecular weight is 407 g/mol. The van der Waals surface area contributed by atoms with Crippen LogP contribution in [-0.2, 0) is 23.6 Å². The summed E-state index contributed by atoms with van der Waals surface area (Å²) in [5, 5.41) is 4.36. The first kappa shape index (κ1) is 16.8. The molecule has 0 aliphatic heterocycles. The Morgan fingerprint density at radius 1 is 1.17 bits per heavy atom. The van der Waals surface area contributed by atoms with Gasteiger partial charge >= 0.3 is 0 Å². The maximum absolute atomic E-state index is 12.4. The summed E-state index contributed by atoms with van der Waals surface area (Å²) in [5.74, 6) is 0. The molecular weight excluding hydrogens is 392 g/mol. The highest BCUT2D eigenvalue weighted by molar-refractivity contribution is 9.10. The second-order valence-electron chi connectivity index (χ2n) is 5.14. The van der Waals surface area contributed by atoms with Gasteiger partial charge in [-0.15, -0.1) is 0 Å². The highest BCUT2D eigenvalue weighted by Gasteiger charge is 2.17. The van der Waals surface area contributed by atoms with E-state index in [-0.39, 0.29) is 11.4 Å². The molecule has 0 saturated carbocycles. The quantitative estimate of drug-likeness (QED) is 0.706. The summed E-state index contributed by atoms with van der Waals surface area (Å²) in [6.07, 6.45) is 3.41. The lowest BCUT2D eigenvalue weighted by molar-refractivity contribution is 0.579. The van der Waals surface area contributed by atoms with E-state index in [1.54, 1.807) is 41.3 Å². The molecule has 2 aromatic heterocycles. The Morgan fingerprint density at radius 2 is 1.88 bits per heavy atom. The van der Waals surface area contributed by atoms with Crippen LogP contribution in [0.25, 0.3) is 11.3 Å². The fraction of sp³-hybridized carbons (Fsp3) is 0.125. The topological polar surface area (TPSA) is 76.9 Å². The van der Waals surface area contributed by atoms with E-state index in [1.807, 2.05) is 25.2 Å². The molecule has 0 saturated heterocycles. The summed E-state index contributed by atoms with van der Waals surface area (Å²) in [6.45, 7) is 0.114. The molecule has 0 bridgehead atoms. The zero-order valence-electron chi connectivity index (χ0n) is 12.8. The Hall–Kier alpha value is -2.03. The molecule has 8 heteroatoms. The minimum absolute atomic E-state index is 0.114. The SMILES string of the molecule is Cn1nc(CNS(=O)(=O)c2ccccc2Br)cc1-c1ccncc1. The molecule has 0 unspecified atom stereocenters. The van der Waals surface area contributed by atoms with Gasteiger partial charge < -0.3 is 0 Å². The van der Waals surface area contributed by atoms with Crippen LogP contribution < -0.4 is 4.72 Å². The van der Waals surface area contributed by atoms with Gasteiger partial charge in [-0.1, -0.05) is 12.1 Å². The third-order valence-electron chi connectivity index (χ3n) is 3.48. The van der Waals surface area contributed by atoms with E-state index < -0.39 is 10.0 Å². The lowest BCUT2D eigenvalue weighted by Gasteiger charge is -2.06. The summed E-state index contributed by atoms with van der Waals surface area (Å²) in [7, 11) is -1.79. The van der Waals surface area contributed by atoms with Crippen molar-refractivity contribution >= 4 is 26.0 Å². The normalized spacial score (nSPS) is 11.6. The fourth-order valence-electron chi connectivity index (χ4n) is 2.32. The van der Waals surface area contributed by atoms with Gasteiger partial charge in [0.25, 0.3) is 0 Å². The number of rotatable bonds is 5. The molecule has 2 heterocycles. The molecule has 1 aromatic carbocycles. The Kier molecular flexibility index (Phi) is 4.79. The van der Waals surface area contributed by atoms with Crippen molar-refractivity contribution in [2.45, 2.75) is 11.4 Å². The smallest absolute Gasteiger partial charge is 0.242 e. The van der Waals surface area contributed by atoms with Crippen molar-refractivity contribution in [3.63, 3.8) is 0 Å². The zero-order chi connectivity index (χ0) is 17.2. The van der Waals surface area contributed by atoms with Gasteiger partial charge in [-0.3, -0.25) is 9.67 Å². The summed E-state index contributed by atoms with van der Waals surface area (Å²) in [6, 6.07) is 12.3. The molecule has 6 nitrogen and oxygen atoms in total. The highest BCUT2D eigenvalue weighted by Crippen LogP contribution is 2.22. The van der Waals surface area contributed by atoms with Gasteiger partial charge in [0.15, 0.2) is 0 Å². The number of benzene rings is 1. The van der Waals surface area contributed by atoms with Crippen molar-refractivity contribution in [1.82, 2.24) is 19.5 Å². The van der Waals surface area contributed by atoms with E-state index in [1.165, 1.54) is 0 Å². The molecule has 0 aliphatic carbocycles. The number of aromatic nitrogens is 3. The van der Waals surface area contributed by atoms with Crippen molar-refractivity contribution < 1.29 is 8.42 Å². The Bertz CT molecular complexity index is 955. The van der Waals surface area contributed by atoms with Crippen LogP contribution in [0.3, 0.4) is 0 Å². The minimum Gasteiger partial charge on any atom is -0.268 e. The number of nitrogens with zero attached hydrogens (tertiary/aromatic N) is 3. The third-order valence-corrected chi connectivity index (χ3v) is 5.89. The summed E-state index contributed by atoms with van der Waals surface area (Å²) < 4.78 is 29.6. The maximum Gasteiger partial charge on any atom is 0.242 e. The van der Waals surface area contributed by atoms with E-state index in [0.29, 0.717) is 10.2 Å². The molecule has 3 rings (SSSR count). The Labute approximate surface area is 148 Å². The second kappa shape index (κ2) is 6.84. The summed E-state index contributed by atoms with van der Waals surface area (Å²) >= 11 is 3.26. The number of hydrogen-bond acceptors (Lipinski definition) is 4. The molecule has 3 aromatic rings. The molecule has 0 atom stereocenters. The predicted molar refractivity (Wildman–Crippen MR) is 94.6 cm³/mol. The Balaban J connectivity index is 1.80. The zero-order valence-corrected chi connectivity index (χ0v) is 15.3. The van der Waals surface area contributed by atoms with Gasteiger partial charge in [0.2, 0.25) is 10.0 Å². The van der Waals surface area contributed by atoms with Gasteiger partial charge in [0.1, 0.15) is 0 Å². The summed E-state index contributed by atoms with van der Waals surface area (Å²) in [5.41, 5.74) is 2.51. The molecule has 1 N–H and O–H groups in total. The van der Waals surface area contributed by atoms with Gasteiger partial charge in [-0.2, -0.15) is 5.10 Å². The van der Waals surface area contributed by atoms with Gasteiger partial charge in [0, 0.05) is 29.5 Å². The molecule has 124 valence electrons. The number of pyridine rings is 1. The monoisotopic (exact) mass is 406 g/mol. The molecule has 0 aliphatic rings. The van der Waals surface area contributed by atoms with Crippen molar-refractivity contribution in [1.29, 1.82) is 0 Å². The van der Waals surface area contributed by atoms with E-state index in [4.69, 9.17) is 0 Å². The maximum atomic E-state index is 12.4. The van der Waals surface area contributed by atoms with Gasteiger partial charge in [0.05, 0.1) is 22.8 Å². The molecule has 0 spiro atoms. The molecule has 0 amide bonds. The van der Waals surface area contributed by atoms with Crippen LogP contribution in [0.5, 0.6) is 0 Å². The number of aryl methyl sites for hydroxylation is 1. The molecular formula is C16H15BrN4O2S. The van der Waals surface area contributed by atoms with Crippen LogP contribution in [0.15, 0.2) is 64.2 Å². The van der Waals surface area contributed by atoms with E-state index >= 15 is 0 Å². The van der Waals surface area contributed by atoms with Crippen LogP contribution in [0.2, 0.25) is 0 Å². The van der Waals surface area contributed by atoms with Gasteiger partial charge in [-0.25, -0.2) is 13.1 Å². The largest absolute Gasteiger partial charge is 0.268 e. The molecule has 24 heavy (non-hydrogen) atoms. The number of sulfonamides is 1. The van der Waals surface area contributed by atoms with Crippen LogP contribution in [0, 0.1) is 0 Å². The van der Waals surface area contributed by atoms with Crippen LogP contribution in [0.1, 0.15) is 5.69 Å². The lowest BCUT2D eigenvalue weighted by atomic mass is 10.2. The number of halogens is 1. The second-order valence-corrected chi connectivity index (χ2v) is 7.73. The summed E-state index contributed by atoms with van der Waals surface area (Å²) in [4.78, 5) is 4.20. The highest BCUT2D eigenvalue weighted by atomic mass is 79.9. The van der Waals surface area contributed by atoms with Crippen LogP contribution >= 0.6 is 15.9 Å². The van der Waals surface area contributed by atoms with Crippen LogP contribution in [-0.4, -0.2) is 23.2 Å². The first-order valence-corrected chi connectivity index (χ1v) is 9.42. The van der Waals surface area contributed by atoms with E-state index in [2.05, 4.69) is 30.7 Å². The fourth-order valence-corrected chi connectivity index (χ4v) is 4.32. The molecule has 0 fully saturated rings. The van der Waals surface area contributed by atoms with E-state index in [9.17, 15) is 8.42 Å². The van der Waals surface area contributed by atoms with Crippen molar-refractivity contribution in [2.75, 3.05) is 0 Å². The standard InChI is InChI=1S/C16H15BrN4O2S/c1-21-15(12-6-8-18-9-7-12)10-13(20-21)11-19-24(22,23)16-5-3-2-4-14(16)17/h2-10,19H,11H2,1H3. The minimum atomic E-state index is -3.61. The van der Waals surface area contributed by atoms with Crippen molar-refractivity contribution in [3.05, 3.63) is 65.0 Å².